The summed E-state index contributed by atoms with van der Waals surface area (Å²) in [7, 11) is 0. The quantitative estimate of drug-likeness (QED) is 0.476. The molecule has 3 rings (SSSR count). The molecule has 156 valence electrons. The average molecular weight is 425 g/mol. The molecule has 13 heteroatoms. The lowest BCUT2D eigenvalue weighted by atomic mass is 9.96. The Morgan fingerprint density at radius 3 is 1.79 bits per heavy atom. The monoisotopic (exact) mass is 425 g/mol. The molecule has 0 saturated heterocycles. The molecule has 1 aromatic carbocycles. The number of rotatable bonds is 0. The highest BCUT2D eigenvalue weighted by atomic mass is 19.4. The van der Waals surface area contributed by atoms with E-state index in [2.05, 4.69) is 4.99 Å². The zero-order chi connectivity index (χ0) is 22.6. The summed E-state index contributed by atoms with van der Waals surface area (Å²) in [6.45, 7) is 0. The Kier molecular flexibility index (Phi) is 7.03. The SMILES string of the molecule is O=C(O)C(F)(F)F.O=C(O)C(F)(F)F.O=C1C=C2N=c3ccccc3=C2C(=O)C1. The van der Waals surface area contributed by atoms with Crippen molar-refractivity contribution in [2.75, 3.05) is 0 Å². The molecule has 0 unspecified atom stereocenters. The standard InChI is InChI=1S/C12H7NO2.2C2HF3O2/c14-7-5-10-12(11(15)6-7)8-3-1-2-4-9(8)13-10;2*3-2(4,5)1(6)7/h1-5H,6H2;2*(H,6,7). The Bertz CT molecular complexity index is 982. The first-order chi connectivity index (χ1) is 13.1. The van der Waals surface area contributed by atoms with E-state index in [1.807, 2.05) is 24.3 Å². The number of carbonyl (C=O) groups is 4. The van der Waals surface area contributed by atoms with Crippen LogP contribution in [0.3, 0.4) is 0 Å². The molecule has 2 aliphatic rings. The van der Waals surface area contributed by atoms with Crippen LogP contribution in [0.15, 0.2) is 41.0 Å². The summed E-state index contributed by atoms with van der Waals surface area (Å²) in [5.74, 6) is -5.79. The number of carboxylic acid groups (broad SMARTS) is 2. The van der Waals surface area contributed by atoms with Crippen molar-refractivity contribution in [3.8, 4) is 0 Å². The number of aliphatic carboxylic acids is 2. The van der Waals surface area contributed by atoms with E-state index in [0.717, 1.165) is 10.6 Å². The number of benzene rings is 1. The van der Waals surface area contributed by atoms with Gasteiger partial charge in [-0.05, 0) is 6.07 Å². The molecule has 7 nitrogen and oxygen atoms in total. The van der Waals surface area contributed by atoms with Crippen LogP contribution in [0.5, 0.6) is 0 Å². The molecule has 0 amide bonds. The second kappa shape index (κ2) is 8.67. The maximum Gasteiger partial charge on any atom is 0.490 e. The predicted molar refractivity (Wildman–Crippen MR) is 80.7 cm³/mol. The largest absolute Gasteiger partial charge is 0.490 e. The van der Waals surface area contributed by atoms with Crippen molar-refractivity contribution in [3.05, 3.63) is 46.6 Å². The van der Waals surface area contributed by atoms with Gasteiger partial charge in [0, 0.05) is 11.3 Å². The fourth-order valence-corrected chi connectivity index (χ4v) is 1.95. The third kappa shape index (κ3) is 6.55. The number of carbonyl (C=O) groups excluding carboxylic acids is 2. The summed E-state index contributed by atoms with van der Waals surface area (Å²) in [4.78, 5) is 44.9. The molecule has 0 saturated carbocycles. The Morgan fingerprint density at radius 2 is 1.34 bits per heavy atom. The van der Waals surface area contributed by atoms with E-state index in [0.29, 0.717) is 11.3 Å². The normalized spacial score (nSPS) is 14.8. The summed E-state index contributed by atoms with van der Waals surface area (Å²) in [6, 6.07) is 7.45. The lowest BCUT2D eigenvalue weighted by Crippen LogP contribution is -2.26. The number of Topliss-reactive ketones (excluding diaryl/α,β-unsaturated/α-hetero) is 1. The van der Waals surface area contributed by atoms with E-state index in [-0.39, 0.29) is 18.0 Å². The van der Waals surface area contributed by atoms with Crippen LogP contribution in [0, 0.1) is 0 Å². The lowest BCUT2D eigenvalue weighted by molar-refractivity contribution is -0.193. The maximum atomic E-state index is 11.7. The zero-order valence-corrected chi connectivity index (χ0v) is 13.8. The maximum absolute atomic E-state index is 11.7. The highest BCUT2D eigenvalue weighted by Crippen LogP contribution is 2.21. The fourth-order valence-electron chi connectivity index (χ4n) is 1.95. The summed E-state index contributed by atoms with van der Waals surface area (Å²) in [5.41, 5.74) is 1.13. The molecule has 1 heterocycles. The van der Waals surface area contributed by atoms with E-state index < -0.39 is 24.3 Å². The summed E-state index contributed by atoms with van der Waals surface area (Å²) >= 11 is 0. The van der Waals surface area contributed by atoms with Gasteiger partial charge in [-0.15, -0.1) is 0 Å². The molecule has 0 radical (unpaired) electrons. The third-order valence-corrected chi connectivity index (χ3v) is 3.07. The lowest BCUT2D eigenvalue weighted by Gasteiger charge is -2.07. The second-order valence-corrected chi connectivity index (χ2v) is 5.21. The first-order valence-corrected chi connectivity index (χ1v) is 7.21. The Hall–Kier alpha value is -3.51. The molecule has 29 heavy (non-hydrogen) atoms. The summed E-state index contributed by atoms with van der Waals surface area (Å²) in [5, 5.41) is 15.9. The minimum atomic E-state index is -5.08. The van der Waals surface area contributed by atoms with Crippen LogP contribution in [0.25, 0.3) is 5.57 Å². The number of fused-ring (bicyclic) bond motifs is 2. The highest BCUT2D eigenvalue weighted by Gasteiger charge is 2.38. The van der Waals surface area contributed by atoms with Crippen LogP contribution < -0.4 is 10.6 Å². The van der Waals surface area contributed by atoms with Gasteiger partial charge in [0.1, 0.15) is 0 Å². The number of alkyl halides is 6. The number of hydrogen-bond acceptors (Lipinski definition) is 5. The molecule has 1 aromatic rings. The van der Waals surface area contributed by atoms with E-state index in [1.54, 1.807) is 0 Å². The average Bonchev–Trinajstić information content (AvgIpc) is 2.92. The summed E-state index contributed by atoms with van der Waals surface area (Å²) < 4.78 is 63.5. The van der Waals surface area contributed by atoms with Crippen LogP contribution >= 0.6 is 0 Å². The number of allylic oxidation sites excluding steroid dienone is 2. The molecule has 0 fully saturated rings. The first-order valence-electron chi connectivity index (χ1n) is 7.21. The third-order valence-electron chi connectivity index (χ3n) is 3.07. The van der Waals surface area contributed by atoms with Crippen molar-refractivity contribution >= 4 is 29.1 Å². The Labute approximate surface area is 156 Å². The van der Waals surface area contributed by atoms with Crippen molar-refractivity contribution < 1.29 is 55.7 Å². The molecule has 0 atom stereocenters. The van der Waals surface area contributed by atoms with Crippen molar-refractivity contribution in [1.82, 2.24) is 0 Å². The van der Waals surface area contributed by atoms with Gasteiger partial charge in [0.25, 0.3) is 0 Å². The van der Waals surface area contributed by atoms with E-state index in [9.17, 15) is 35.9 Å². The first kappa shape index (κ1) is 23.5. The molecule has 0 aromatic heterocycles. The molecule has 1 aliphatic heterocycles. The second-order valence-electron chi connectivity index (χ2n) is 5.21. The van der Waals surface area contributed by atoms with Gasteiger partial charge < -0.3 is 10.2 Å². The molecular formula is C16H9F6NO6. The van der Waals surface area contributed by atoms with E-state index in [1.165, 1.54) is 6.08 Å². The molecule has 1 aliphatic carbocycles. The number of nitrogens with zero attached hydrogens (tertiary/aromatic N) is 1. The minimum Gasteiger partial charge on any atom is -0.475 e. The van der Waals surface area contributed by atoms with Gasteiger partial charge in [0.2, 0.25) is 0 Å². The van der Waals surface area contributed by atoms with Gasteiger partial charge in [-0.1, -0.05) is 18.2 Å². The van der Waals surface area contributed by atoms with Gasteiger partial charge in [0.15, 0.2) is 11.6 Å². The molecule has 2 N–H and O–H groups in total. The van der Waals surface area contributed by atoms with Gasteiger partial charge in [-0.25, -0.2) is 14.6 Å². The van der Waals surface area contributed by atoms with Crippen molar-refractivity contribution in [2.24, 2.45) is 4.99 Å². The number of hydrogen-bond donors (Lipinski definition) is 2. The van der Waals surface area contributed by atoms with Gasteiger partial charge in [-0.2, -0.15) is 26.3 Å². The van der Waals surface area contributed by atoms with Crippen LogP contribution in [-0.2, 0) is 19.2 Å². The number of ketones is 2. The molecule has 0 bridgehead atoms. The number of carboxylic acids is 2. The van der Waals surface area contributed by atoms with Crippen LogP contribution in [0.4, 0.5) is 26.3 Å². The van der Waals surface area contributed by atoms with Crippen LogP contribution in [0.1, 0.15) is 6.42 Å². The van der Waals surface area contributed by atoms with Gasteiger partial charge in [0.05, 0.1) is 23.0 Å². The highest BCUT2D eigenvalue weighted by molar-refractivity contribution is 6.30. The Balaban J connectivity index is 0.000000255. The fraction of sp³-hybridized carbons (Fsp3) is 0.188. The van der Waals surface area contributed by atoms with Crippen LogP contribution in [0.2, 0.25) is 0 Å². The Morgan fingerprint density at radius 1 is 0.897 bits per heavy atom. The predicted octanol–water partition coefficient (Wildman–Crippen LogP) is 1.16. The topological polar surface area (TPSA) is 121 Å². The van der Waals surface area contributed by atoms with Crippen LogP contribution in [-0.4, -0.2) is 46.1 Å². The number of halogens is 6. The number of para-hydroxylation sites is 1. The van der Waals surface area contributed by atoms with Gasteiger partial charge >= 0.3 is 24.3 Å². The molecular weight excluding hydrogens is 416 g/mol. The van der Waals surface area contributed by atoms with Gasteiger partial charge in [-0.3, -0.25) is 9.59 Å². The van der Waals surface area contributed by atoms with Crippen molar-refractivity contribution in [1.29, 1.82) is 0 Å². The zero-order valence-electron chi connectivity index (χ0n) is 13.8. The van der Waals surface area contributed by atoms with Crippen molar-refractivity contribution in [3.63, 3.8) is 0 Å². The molecule has 0 spiro atoms. The van der Waals surface area contributed by atoms with Crippen molar-refractivity contribution in [2.45, 2.75) is 18.8 Å². The van der Waals surface area contributed by atoms with E-state index >= 15 is 0 Å². The smallest absolute Gasteiger partial charge is 0.475 e. The minimum absolute atomic E-state index is 0.0251. The van der Waals surface area contributed by atoms with E-state index in [4.69, 9.17) is 19.8 Å². The summed E-state index contributed by atoms with van der Waals surface area (Å²) in [6.07, 6.45) is -8.74.